The summed E-state index contributed by atoms with van der Waals surface area (Å²) in [5.74, 6) is -0.768. The zero-order valence-electron chi connectivity index (χ0n) is 13.1. The number of rotatable bonds is 6. The molecule has 0 spiro atoms. The predicted octanol–water partition coefficient (Wildman–Crippen LogP) is 1.21. The predicted molar refractivity (Wildman–Crippen MR) is 87.6 cm³/mol. The number of carbonyl (C=O) groups excluding carboxylic acids is 2. The van der Waals surface area contributed by atoms with Gasteiger partial charge < -0.3 is 19.1 Å². The van der Waals surface area contributed by atoms with Gasteiger partial charge in [0, 0.05) is 13.1 Å². The molecule has 0 saturated carbocycles. The first-order valence-corrected chi connectivity index (χ1v) is 8.47. The lowest BCUT2D eigenvalue weighted by atomic mass is 10.3. The molecule has 1 saturated heterocycles. The molecule has 128 valence electrons. The summed E-state index contributed by atoms with van der Waals surface area (Å²) in [4.78, 5) is 29.5. The molecule has 8 heteroatoms. The van der Waals surface area contributed by atoms with Crippen molar-refractivity contribution < 1.29 is 23.8 Å². The second kappa shape index (κ2) is 8.18. The first kappa shape index (κ1) is 16.8. The molecular weight excluding hydrogens is 332 g/mol. The van der Waals surface area contributed by atoms with E-state index in [9.17, 15) is 9.59 Å². The van der Waals surface area contributed by atoms with Crippen LogP contribution in [-0.2, 0) is 30.4 Å². The van der Waals surface area contributed by atoms with E-state index >= 15 is 0 Å². The number of hydrogen-bond donors (Lipinski definition) is 0. The van der Waals surface area contributed by atoms with Gasteiger partial charge in [-0.1, -0.05) is 12.1 Å². The maximum absolute atomic E-state index is 11.8. The normalized spacial score (nSPS) is 14.8. The third-order valence-electron chi connectivity index (χ3n) is 3.50. The van der Waals surface area contributed by atoms with Gasteiger partial charge in [0.15, 0.2) is 6.61 Å². The van der Waals surface area contributed by atoms with Crippen LogP contribution in [0.4, 0.5) is 0 Å². The second-order valence-electron chi connectivity index (χ2n) is 5.22. The number of fused-ring (bicyclic) bond motifs is 1. The van der Waals surface area contributed by atoms with Crippen LogP contribution in [0.1, 0.15) is 5.01 Å². The van der Waals surface area contributed by atoms with E-state index in [1.807, 2.05) is 24.3 Å². The number of hydrogen-bond acceptors (Lipinski definition) is 7. The molecule has 0 bridgehead atoms. The molecular formula is C16H18N2O5S. The van der Waals surface area contributed by atoms with Crippen LogP contribution < -0.4 is 0 Å². The highest BCUT2D eigenvalue weighted by Gasteiger charge is 2.18. The van der Waals surface area contributed by atoms with Crippen molar-refractivity contribution in [1.29, 1.82) is 0 Å². The Morgan fingerprint density at radius 2 is 2.00 bits per heavy atom. The van der Waals surface area contributed by atoms with E-state index in [-0.39, 0.29) is 25.7 Å². The SMILES string of the molecule is O=C(COCc1nc2ccccc2s1)OCC(=O)N1CCOCC1. The zero-order valence-corrected chi connectivity index (χ0v) is 13.9. The number of aromatic nitrogens is 1. The Kier molecular flexibility index (Phi) is 5.73. The standard InChI is InChI=1S/C16H18N2O5S/c19-15(18-5-7-21-8-6-18)10-23-16(20)11-22-9-14-17-12-3-1-2-4-13(12)24-14/h1-4H,5-11H2. The van der Waals surface area contributed by atoms with Crippen molar-refractivity contribution in [2.45, 2.75) is 6.61 Å². The van der Waals surface area contributed by atoms with Crippen LogP contribution >= 0.6 is 11.3 Å². The quantitative estimate of drug-likeness (QED) is 0.729. The van der Waals surface area contributed by atoms with Crippen molar-refractivity contribution in [3.63, 3.8) is 0 Å². The van der Waals surface area contributed by atoms with Gasteiger partial charge in [0.1, 0.15) is 11.6 Å². The molecule has 2 heterocycles. The van der Waals surface area contributed by atoms with Crippen molar-refractivity contribution in [2.75, 3.05) is 39.5 Å². The Balaban J connectivity index is 1.37. The minimum absolute atomic E-state index is 0.202. The molecule has 7 nitrogen and oxygen atoms in total. The van der Waals surface area contributed by atoms with E-state index in [1.165, 1.54) is 11.3 Å². The van der Waals surface area contributed by atoms with E-state index in [4.69, 9.17) is 14.2 Å². The molecule has 1 aliphatic heterocycles. The Morgan fingerprint density at radius 1 is 1.21 bits per heavy atom. The van der Waals surface area contributed by atoms with Crippen LogP contribution in [0.5, 0.6) is 0 Å². The Morgan fingerprint density at radius 3 is 2.79 bits per heavy atom. The minimum Gasteiger partial charge on any atom is -0.454 e. The number of benzene rings is 1. The van der Waals surface area contributed by atoms with E-state index in [2.05, 4.69) is 4.98 Å². The molecule has 1 aromatic heterocycles. The highest BCUT2D eigenvalue weighted by atomic mass is 32.1. The summed E-state index contributed by atoms with van der Waals surface area (Å²) >= 11 is 1.53. The van der Waals surface area contributed by atoms with Gasteiger partial charge in [0.25, 0.3) is 5.91 Å². The number of para-hydroxylation sites is 1. The summed E-state index contributed by atoms with van der Waals surface area (Å²) in [7, 11) is 0. The van der Waals surface area contributed by atoms with Gasteiger partial charge in [-0.05, 0) is 12.1 Å². The molecule has 1 amide bonds. The van der Waals surface area contributed by atoms with Crippen LogP contribution in [0.2, 0.25) is 0 Å². The van der Waals surface area contributed by atoms with Crippen LogP contribution in [0, 0.1) is 0 Å². The summed E-state index contributed by atoms with van der Waals surface area (Å²) < 4.78 is 16.5. The fraction of sp³-hybridized carbons (Fsp3) is 0.438. The average molecular weight is 350 g/mol. The van der Waals surface area contributed by atoms with Gasteiger partial charge in [-0.25, -0.2) is 9.78 Å². The minimum atomic E-state index is -0.558. The van der Waals surface area contributed by atoms with Crippen molar-refractivity contribution in [3.8, 4) is 0 Å². The molecule has 0 aliphatic carbocycles. The summed E-state index contributed by atoms with van der Waals surface area (Å²) in [6.07, 6.45) is 0. The van der Waals surface area contributed by atoms with Gasteiger partial charge in [-0.15, -0.1) is 11.3 Å². The van der Waals surface area contributed by atoms with Crippen molar-refractivity contribution in [2.24, 2.45) is 0 Å². The van der Waals surface area contributed by atoms with Gasteiger partial charge in [0.05, 0.1) is 30.0 Å². The summed E-state index contributed by atoms with van der Waals surface area (Å²) in [6.45, 7) is 1.88. The van der Waals surface area contributed by atoms with Crippen LogP contribution in [0.3, 0.4) is 0 Å². The molecule has 3 rings (SSSR count). The molecule has 0 atom stereocenters. The topological polar surface area (TPSA) is 78.0 Å². The molecule has 0 N–H and O–H groups in total. The Hall–Kier alpha value is -2.03. The first-order valence-electron chi connectivity index (χ1n) is 7.66. The number of esters is 1. The lowest BCUT2D eigenvalue weighted by Gasteiger charge is -2.26. The molecule has 0 radical (unpaired) electrons. The molecule has 1 aliphatic rings. The van der Waals surface area contributed by atoms with Crippen LogP contribution in [-0.4, -0.2) is 61.3 Å². The third-order valence-corrected chi connectivity index (χ3v) is 4.51. The number of amides is 1. The first-order chi connectivity index (χ1) is 11.7. The Labute approximate surface area is 143 Å². The maximum Gasteiger partial charge on any atom is 0.332 e. The highest BCUT2D eigenvalue weighted by molar-refractivity contribution is 7.18. The van der Waals surface area contributed by atoms with Crippen LogP contribution in [0.15, 0.2) is 24.3 Å². The smallest absolute Gasteiger partial charge is 0.332 e. The molecule has 24 heavy (non-hydrogen) atoms. The fourth-order valence-corrected chi connectivity index (χ4v) is 3.20. The number of ether oxygens (including phenoxy) is 3. The van der Waals surface area contributed by atoms with Crippen molar-refractivity contribution in [1.82, 2.24) is 9.88 Å². The molecule has 0 unspecified atom stereocenters. The van der Waals surface area contributed by atoms with E-state index < -0.39 is 5.97 Å². The summed E-state index contributed by atoms with van der Waals surface area (Å²) in [5, 5.41) is 0.799. The Bertz CT molecular complexity index is 678. The number of nitrogens with zero attached hydrogens (tertiary/aromatic N) is 2. The van der Waals surface area contributed by atoms with Crippen molar-refractivity contribution >= 4 is 33.4 Å². The number of morpholine rings is 1. The molecule has 1 fully saturated rings. The largest absolute Gasteiger partial charge is 0.454 e. The monoisotopic (exact) mass is 350 g/mol. The molecule has 2 aromatic rings. The highest BCUT2D eigenvalue weighted by Crippen LogP contribution is 2.21. The average Bonchev–Trinajstić information content (AvgIpc) is 3.03. The van der Waals surface area contributed by atoms with E-state index in [0.29, 0.717) is 26.3 Å². The fourth-order valence-electron chi connectivity index (χ4n) is 2.29. The van der Waals surface area contributed by atoms with Gasteiger partial charge in [-0.3, -0.25) is 4.79 Å². The van der Waals surface area contributed by atoms with Crippen molar-refractivity contribution in [3.05, 3.63) is 29.3 Å². The van der Waals surface area contributed by atoms with Crippen LogP contribution in [0.25, 0.3) is 10.2 Å². The number of thiazole rings is 1. The van der Waals surface area contributed by atoms with Gasteiger partial charge in [-0.2, -0.15) is 0 Å². The zero-order chi connectivity index (χ0) is 16.8. The lowest BCUT2D eigenvalue weighted by Crippen LogP contribution is -2.42. The summed E-state index contributed by atoms with van der Waals surface area (Å²) in [6, 6.07) is 7.80. The maximum atomic E-state index is 11.8. The summed E-state index contributed by atoms with van der Waals surface area (Å²) in [5.41, 5.74) is 0.916. The van der Waals surface area contributed by atoms with E-state index in [0.717, 1.165) is 15.2 Å². The molecule has 1 aromatic carbocycles. The van der Waals surface area contributed by atoms with E-state index in [1.54, 1.807) is 4.90 Å². The third kappa shape index (κ3) is 4.50. The van der Waals surface area contributed by atoms with Gasteiger partial charge in [0.2, 0.25) is 0 Å². The van der Waals surface area contributed by atoms with Gasteiger partial charge >= 0.3 is 5.97 Å². The second-order valence-corrected chi connectivity index (χ2v) is 6.34. The number of carbonyl (C=O) groups is 2. The lowest BCUT2D eigenvalue weighted by molar-refractivity contribution is -0.157.